The van der Waals surface area contributed by atoms with Crippen molar-refractivity contribution in [1.29, 1.82) is 0 Å². The summed E-state index contributed by atoms with van der Waals surface area (Å²) in [7, 11) is 1.91. The van der Waals surface area contributed by atoms with E-state index < -0.39 is 0 Å². The first-order chi connectivity index (χ1) is 13.9. The van der Waals surface area contributed by atoms with Crippen LogP contribution >= 0.6 is 0 Å². The van der Waals surface area contributed by atoms with Gasteiger partial charge in [0.2, 0.25) is 5.91 Å². The molecule has 2 aromatic carbocycles. The standard InChI is InChI=1S/C22H24N4O3/c1-12-7-5-6-8-15(12)19-10-9-16-17(22(28)25-24-14(3)27)11-18-20(21(16)29-19)23-13(2)26(18)4/h5-8,11,19H,9-10H2,1-4H3,(H,24,27)(H,25,28)/t19-/m0/s1. The Balaban J connectivity index is 1.83. The predicted octanol–water partition coefficient (Wildman–Crippen LogP) is 3.04. The molecule has 1 aliphatic heterocycles. The van der Waals surface area contributed by atoms with Crippen LogP contribution in [0.5, 0.6) is 5.75 Å². The first-order valence-electron chi connectivity index (χ1n) is 9.64. The van der Waals surface area contributed by atoms with Crippen LogP contribution in [0.25, 0.3) is 11.0 Å². The van der Waals surface area contributed by atoms with E-state index in [2.05, 4.69) is 34.9 Å². The van der Waals surface area contributed by atoms with E-state index >= 15 is 0 Å². The number of imidazole rings is 1. The highest BCUT2D eigenvalue weighted by atomic mass is 16.5. The summed E-state index contributed by atoms with van der Waals surface area (Å²) in [4.78, 5) is 28.7. The number of rotatable bonds is 2. The van der Waals surface area contributed by atoms with Gasteiger partial charge in [-0.2, -0.15) is 0 Å². The maximum atomic E-state index is 12.8. The van der Waals surface area contributed by atoms with Crippen molar-refractivity contribution in [3.8, 4) is 5.75 Å². The number of amides is 2. The van der Waals surface area contributed by atoms with Crippen LogP contribution in [0, 0.1) is 13.8 Å². The quantitative estimate of drug-likeness (QED) is 0.657. The average molecular weight is 392 g/mol. The van der Waals surface area contributed by atoms with E-state index in [9.17, 15) is 9.59 Å². The van der Waals surface area contributed by atoms with Crippen LogP contribution in [-0.2, 0) is 18.3 Å². The smallest absolute Gasteiger partial charge is 0.270 e. The summed E-state index contributed by atoms with van der Waals surface area (Å²) in [5, 5.41) is 0. The van der Waals surface area contributed by atoms with Crippen molar-refractivity contribution < 1.29 is 14.3 Å². The molecular weight excluding hydrogens is 368 g/mol. The Morgan fingerprint density at radius 3 is 2.69 bits per heavy atom. The van der Waals surface area contributed by atoms with Crippen LogP contribution in [0.15, 0.2) is 30.3 Å². The number of hydrogen-bond acceptors (Lipinski definition) is 4. The molecule has 1 aromatic heterocycles. The molecule has 0 fully saturated rings. The van der Waals surface area contributed by atoms with Gasteiger partial charge in [0.25, 0.3) is 5.91 Å². The van der Waals surface area contributed by atoms with E-state index in [1.807, 2.05) is 36.7 Å². The predicted molar refractivity (Wildman–Crippen MR) is 110 cm³/mol. The lowest BCUT2D eigenvalue weighted by Gasteiger charge is -2.29. The first kappa shape index (κ1) is 19.0. The number of nitrogens with one attached hydrogen (secondary N) is 2. The lowest BCUT2D eigenvalue weighted by molar-refractivity contribution is -0.119. The fourth-order valence-electron chi connectivity index (χ4n) is 3.88. The topological polar surface area (TPSA) is 85.3 Å². The second-order valence-electron chi connectivity index (χ2n) is 7.45. The number of aryl methyl sites for hydroxylation is 3. The highest BCUT2D eigenvalue weighted by molar-refractivity contribution is 6.02. The summed E-state index contributed by atoms with van der Waals surface area (Å²) in [5.41, 5.74) is 10.0. The third-order valence-corrected chi connectivity index (χ3v) is 5.51. The van der Waals surface area contributed by atoms with Crippen molar-refractivity contribution in [2.75, 3.05) is 0 Å². The molecule has 2 N–H and O–H groups in total. The number of hydrogen-bond donors (Lipinski definition) is 2. The number of fused-ring (bicyclic) bond motifs is 3. The molecule has 2 heterocycles. The summed E-state index contributed by atoms with van der Waals surface area (Å²) >= 11 is 0. The lowest BCUT2D eigenvalue weighted by atomic mass is 9.91. The maximum absolute atomic E-state index is 12.8. The zero-order valence-corrected chi connectivity index (χ0v) is 17.0. The number of hydrazine groups is 1. The largest absolute Gasteiger partial charge is 0.483 e. The summed E-state index contributed by atoms with van der Waals surface area (Å²) < 4.78 is 8.39. The van der Waals surface area contributed by atoms with Gasteiger partial charge in [-0.1, -0.05) is 24.3 Å². The molecule has 4 rings (SSSR count). The number of aromatic nitrogens is 2. The Morgan fingerprint density at radius 1 is 1.21 bits per heavy atom. The molecule has 1 aliphatic rings. The molecule has 2 amide bonds. The Hall–Kier alpha value is -3.35. The van der Waals surface area contributed by atoms with Crippen LogP contribution in [0.4, 0.5) is 0 Å². The highest BCUT2D eigenvalue weighted by Crippen LogP contribution is 2.42. The van der Waals surface area contributed by atoms with Crippen LogP contribution in [-0.4, -0.2) is 21.4 Å². The van der Waals surface area contributed by atoms with E-state index in [-0.39, 0.29) is 17.9 Å². The number of ether oxygens (including phenoxy) is 1. The molecule has 0 bridgehead atoms. The zero-order chi connectivity index (χ0) is 20.7. The number of benzene rings is 2. The molecule has 150 valence electrons. The molecule has 0 unspecified atom stereocenters. The molecule has 0 saturated heterocycles. The minimum atomic E-state index is -0.366. The molecule has 0 saturated carbocycles. The number of nitrogens with zero attached hydrogens (tertiary/aromatic N) is 2. The molecule has 1 atom stereocenters. The van der Waals surface area contributed by atoms with Crippen molar-refractivity contribution in [3.63, 3.8) is 0 Å². The van der Waals surface area contributed by atoms with Crippen LogP contribution < -0.4 is 15.6 Å². The fraction of sp³-hybridized carbons (Fsp3) is 0.318. The molecule has 7 nitrogen and oxygen atoms in total. The van der Waals surface area contributed by atoms with Crippen LogP contribution in [0.1, 0.15) is 52.3 Å². The van der Waals surface area contributed by atoms with Gasteiger partial charge < -0.3 is 9.30 Å². The molecule has 3 aromatic rings. The zero-order valence-electron chi connectivity index (χ0n) is 17.0. The third-order valence-electron chi connectivity index (χ3n) is 5.51. The Bertz CT molecular complexity index is 1130. The van der Waals surface area contributed by atoms with Crippen molar-refractivity contribution in [2.45, 2.75) is 39.7 Å². The number of carbonyl (C=O) groups is 2. The maximum Gasteiger partial charge on any atom is 0.270 e. The molecule has 7 heteroatoms. The van der Waals surface area contributed by atoms with Crippen molar-refractivity contribution in [1.82, 2.24) is 20.4 Å². The third kappa shape index (κ3) is 3.33. The molecule has 29 heavy (non-hydrogen) atoms. The van der Waals surface area contributed by atoms with Gasteiger partial charge in [0, 0.05) is 19.5 Å². The SMILES string of the molecule is CC(=O)NNC(=O)c1cc2c(nc(C)n2C)c2c1CC[C@@H](c1ccccc1C)O2. The summed E-state index contributed by atoms with van der Waals surface area (Å²) in [6, 6.07) is 10.0. The molecule has 0 aliphatic carbocycles. The van der Waals surface area contributed by atoms with Crippen LogP contribution in [0.2, 0.25) is 0 Å². The minimum Gasteiger partial charge on any atom is -0.483 e. The molecular formula is C22H24N4O3. The summed E-state index contributed by atoms with van der Waals surface area (Å²) in [6.07, 6.45) is 1.35. The van der Waals surface area contributed by atoms with E-state index in [1.54, 1.807) is 0 Å². The molecule has 0 spiro atoms. The fourth-order valence-corrected chi connectivity index (χ4v) is 3.88. The second kappa shape index (κ2) is 7.24. The lowest BCUT2D eigenvalue weighted by Crippen LogP contribution is -2.40. The van der Waals surface area contributed by atoms with Gasteiger partial charge in [-0.15, -0.1) is 0 Å². The van der Waals surface area contributed by atoms with Crippen molar-refractivity contribution >= 4 is 22.8 Å². The first-order valence-corrected chi connectivity index (χ1v) is 9.64. The van der Waals surface area contributed by atoms with Gasteiger partial charge in [-0.25, -0.2) is 4.98 Å². The summed E-state index contributed by atoms with van der Waals surface area (Å²) in [6.45, 7) is 5.34. The molecule has 0 radical (unpaired) electrons. The highest BCUT2D eigenvalue weighted by Gasteiger charge is 2.30. The van der Waals surface area contributed by atoms with Gasteiger partial charge in [-0.3, -0.25) is 20.4 Å². The van der Waals surface area contributed by atoms with Crippen LogP contribution in [0.3, 0.4) is 0 Å². The van der Waals surface area contributed by atoms with Gasteiger partial charge in [0.15, 0.2) is 5.75 Å². The average Bonchev–Trinajstić information content (AvgIpc) is 3.00. The van der Waals surface area contributed by atoms with Gasteiger partial charge in [0.05, 0.1) is 11.1 Å². The Kier molecular flexibility index (Phi) is 4.74. The monoisotopic (exact) mass is 392 g/mol. The second-order valence-corrected chi connectivity index (χ2v) is 7.45. The van der Waals surface area contributed by atoms with Crippen molar-refractivity contribution in [3.05, 3.63) is 58.4 Å². The minimum absolute atomic E-state index is 0.0946. The Morgan fingerprint density at radius 2 is 1.97 bits per heavy atom. The van der Waals surface area contributed by atoms with E-state index in [1.165, 1.54) is 12.5 Å². The van der Waals surface area contributed by atoms with Gasteiger partial charge in [-0.05, 0) is 43.9 Å². The normalized spacial score (nSPS) is 15.5. The van der Waals surface area contributed by atoms with E-state index in [4.69, 9.17) is 4.74 Å². The number of carbonyl (C=O) groups excluding carboxylic acids is 2. The van der Waals surface area contributed by atoms with Crippen molar-refractivity contribution in [2.24, 2.45) is 7.05 Å². The Labute approximate surface area is 169 Å². The summed E-state index contributed by atoms with van der Waals surface area (Å²) in [5.74, 6) is 0.789. The van der Waals surface area contributed by atoms with E-state index in [0.717, 1.165) is 34.4 Å². The van der Waals surface area contributed by atoms with Gasteiger partial charge >= 0.3 is 0 Å². The van der Waals surface area contributed by atoms with E-state index in [0.29, 0.717) is 17.7 Å². The van der Waals surface area contributed by atoms with Gasteiger partial charge in [0.1, 0.15) is 17.4 Å².